The summed E-state index contributed by atoms with van der Waals surface area (Å²) in [6.45, 7) is 4.00. The molecule has 0 radical (unpaired) electrons. The molecular formula is C24H20FN7S. The van der Waals surface area contributed by atoms with Crippen molar-refractivity contribution < 1.29 is 4.39 Å². The lowest BCUT2D eigenvalue weighted by Crippen LogP contribution is -2.30. The summed E-state index contributed by atoms with van der Waals surface area (Å²) in [6, 6.07) is 10.9. The second kappa shape index (κ2) is 8.70. The number of rotatable bonds is 4. The van der Waals surface area contributed by atoms with Crippen LogP contribution in [-0.2, 0) is 0 Å². The van der Waals surface area contributed by atoms with Crippen LogP contribution in [0.25, 0.3) is 16.6 Å². The first-order chi connectivity index (χ1) is 16.1. The van der Waals surface area contributed by atoms with E-state index in [-0.39, 0.29) is 10.5 Å². The van der Waals surface area contributed by atoms with Crippen molar-refractivity contribution in [1.29, 1.82) is 10.5 Å². The molecular weight excluding hydrogens is 437 g/mol. The zero-order valence-electron chi connectivity index (χ0n) is 17.9. The molecule has 0 saturated carbocycles. The third kappa shape index (κ3) is 3.76. The van der Waals surface area contributed by atoms with E-state index in [2.05, 4.69) is 39.3 Å². The standard InChI is InChI=1S/C24H20FN7S/c1-15-20(13-30-32(15)19-5-7-28-8-6-19)17-9-22(23-18(11-27)12-29-31(23)14-17)33-24-16(10-26)3-2-4-21(24)25/h2-4,9,12-14,19,28H,5-8H2,1H3. The van der Waals surface area contributed by atoms with Gasteiger partial charge in [-0.25, -0.2) is 8.91 Å². The highest BCUT2D eigenvalue weighted by molar-refractivity contribution is 7.99. The second-order valence-electron chi connectivity index (χ2n) is 7.96. The number of nitriles is 2. The lowest BCUT2D eigenvalue weighted by atomic mass is 10.1. The number of aromatic nitrogens is 4. The number of benzene rings is 1. The minimum absolute atomic E-state index is 0.228. The van der Waals surface area contributed by atoms with E-state index in [1.54, 1.807) is 10.6 Å². The molecule has 1 fully saturated rings. The van der Waals surface area contributed by atoms with Crippen LogP contribution in [0.2, 0.25) is 0 Å². The minimum atomic E-state index is -0.476. The number of hydrogen-bond donors (Lipinski definition) is 1. The third-order valence-corrected chi connectivity index (χ3v) is 7.16. The number of pyridine rings is 1. The van der Waals surface area contributed by atoms with Crippen LogP contribution in [0.1, 0.15) is 35.7 Å². The normalized spacial score (nSPS) is 14.3. The van der Waals surface area contributed by atoms with Crippen LogP contribution in [-0.4, -0.2) is 32.5 Å². The molecule has 164 valence electrons. The van der Waals surface area contributed by atoms with Crippen molar-refractivity contribution in [3.05, 3.63) is 65.5 Å². The first-order valence-electron chi connectivity index (χ1n) is 10.6. The maximum Gasteiger partial charge on any atom is 0.138 e. The van der Waals surface area contributed by atoms with Crippen molar-refractivity contribution >= 4 is 17.3 Å². The number of nitrogens with one attached hydrogen (secondary N) is 1. The molecule has 7 nitrogen and oxygen atoms in total. The zero-order valence-corrected chi connectivity index (χ0v) is 18.7. The molecule has 1 aliphatic rings. The van der Waals surface area contributed by atoms with Gasteiger partial charge in [0.15, 0.2) is 0 Å². The van der Waals surface area contributed by atoms with Gasteiger partial charge in [0.05, 0.1) is 40.0 Å². The van der Waals surface area contributed by atoms with Gasteiger partial charge in [-0.2, -0.15) is 20.7 Å². The molecule has 1 aromatic carbocycles. The van der Waals surface area contributed by atoms with Gasteiger partial charge in [-0.3, -0.25) is 4.68 Å². The molecule has 9 heteroatoms. The Bertz CT molecular complexity index is 1430. The Morgan fingerprint density at radius 1 is 1.12 bits per heavy atom. The molecule has 1 aliphatic heterocycles. The molecule has 0 spiro atoms. The van der Waals surface area contributed by atoms with E-state index in [9.17, 15) is 14.9 Å². The summed E-state index contributed by atoms with van der Waals surface area (Å²) in [7, 11) is 0. The van der Waals surface area contributed by atoms with Crippen LogP contribution >= 0.6 is 11.8 Å². The molecule has 0 aliphatic carbocycles. The summed E-state index contributed by atoms with van der Waals surface area (Å²) >= 11 is 1.13. The van der Waals surface area contributed by atoms with E-state index in [4.69, 9.17) is 0 Å². The Labute approximate surface area is 194 Å². The lowest BCUT2D eigenvalue weighted by Gasteiger charge is -2.24. The van der Waals surface area contributed by atoms with Gasteiger partial charge in [0, 0.05) is 27.9 Å². The van der Waals surface area contributed by atoms with Crippen LogP contribution in [0, 0.1) is 35.4 Å². The van der Waals surface area contributed by atoms with Gasteiger partial charge < -0.3 is 5.32 Å². The lowest BCUT2D eigenvalue weighted by molar-refractivity contribution is 0.338. The van der Waals surface area contributed by atoms with Crippen LogP contribution in [0.4, 0.5) is 4.39 Å². The Balaban J connectivity index is 1.64. The molecule has 1 N–H and O–H groups in total. The van der Waals surface area contributed by atoms with Gasteiger partial charge in [-0.05, 0) is 51.1 Å². The Morgan fingerprint density at radius 2 is 1.91 bits per heavy atom. The summed E-state index contributed by atoms with van der Waals surface area (Å²) in [5.74, 6) is -0.476. The van der Waals surface area contributed by atoms with E-state index < -0.39 is 5.82 Å². The Morgan fingerprint density at radius 3 is 2.67 bits per heavy atom. The maximum atomic E-state index is 14.7. The van der Waals surface area contributed by atoms with Crippen molar-refractivity contribution in [2.45, 2.75) is 35.6 Å². The van der Waals surface area contributed by atoms with E-state index in [1.807, 2.05) is 18.5 Å². The van der Waals surface area contributed by atoms with Gasteiger partial charge in [0.25, 0.3) is 0 Å². The number of piperidine rings is 1. The smallest absolute Gasteiger partial charge is 0.138 e. The average Bonchev–Trinajstić information content (AvgIpc) is 3.44. The summed E-state index contributed by atoms with van der Waals surface area (Å²) < 4.78 is 18.4. The predicted octanol–water partition coefficient (Wildman–Crippen LogP) is 4.46. The number of nitrogens with zero attached hydrogens (tertiary/aromatic N) is 6. The highest BCUT2D eigenvalue weighted by Crippen LogP contribution is 2.39. The number of halogens is 1. The highest BCUT2D eigenvalue weighted by Gasteiger charge is 2.21. The molecule has 0 amide bonds. The fourth-order valence-corrected chi connectivity index (χ4v) is 5.42. The molecule has 1 saturated heterocycles. The van der Waals surface area contributed by atoms with Crippen LogP contribution < -0.4 is 5.32 Å². The minimum Gasteiger partial charge on any atom is -0.317 e. The van der Waals surface area contributed by atoms with E-state index >= 15 is 0 Å². The third-order valence-electron chi connectivity index (χ3n) is 6.01. The van der Waals surface area contributed by atoms with E-state index in [0.717, 1.165) is 54.5 Å². The first kappa shape index (κ1) is 21.2. The predicted molar refractivity (Wildman–Crippen MR) is 122 cm³/mol. The molecule has 0 bridgehead atoms. The molecule has 4 heterocycles. The van der Waals surface area contributed by atoms with Crippen molar-refractivity contribution in [2.75, 3.05) is 13.1 Å². The van der Waals surface area contributed by atoms with Crippen molar-refractivity contribution in [2.24, 2.45) is 0 Å². The second-order valence-corrected chi connectivity index (χ2v) is 9.01. The van der Waals surface area contributed by atoms with Crippen LogP contribution in [0.5, 0.6) is 0 Å². The van der Waals surface area contributed by atoms with Gasteiger partial charge in [-0.1, -0.05) is 17.8 Å². The molecule has 0 unspecified atom stereocenters. The fourth-order valence-electron chi connectivity index (χ4n) is 4.33. The van der Waals surface area contributed by atoms with Crippen molar-refractivity contribution in [1.82, 2.24) is 24.7 Å². The number of fused-ring (bicyclic) bond motifs is 1. The topological polar surface area (TPSA) is 94.7 Å². The molecule has 0 atom stereocenters. The summed E-state index contributed by atoms with van der Waals surface area (Å²) in [4.78, 5) is 0.878. The summed E-state index contributed by atoms with van der Waals surface area (Å²) in [6.07, 6.45) is 7.27. The fraction of sp³-hybridized carbons (Fsp3) is 0.250. The monoisotopic (exact) mass is 457 g/mol. The SMILES string of the molecule is Cc1c(-c2cc(Sc3c(F)cccc3C#N)c3c(C#N)cnn3c2)cnn1C1CCNCC1. The first-order valence-corrected chi connectivity index (χ1v) is 11.5. The summed E-state index contributed by atoms with van der Waals surface area (Å²) in [5.41, 5.74) is 4.10. The van der Waals surface area contributed by atoms with Gasteiger partial charge in [0.2, 0.25) is 0 Å². The zero-order chi connectivity index (χ0) is 22.9. The average molecular weight is 458 g/mol. The van der Waals surface area contributed by atoms with Crippen LogP contribution in [0.3, 0.4) is 0 Å². The quantitative estimate of drug-likeness (QED) is 0.486. The Hall–Kier alpha value is -3.66. The largest absolute Gasteiger partial charge is 0.317 e. The maximum absolute atomic E-state index is 14.7. The van der Waals surface area contributed by atoms with Gasteiger partial charge in [0.1, 0.15) is 18.0 Å². The van der Waals surface area contributed by atoms with Crippen LogP contribution in [0.15, 0.2) is 52.6 Å². The Kier molecular flexibility index (Phi) is 5.59. The van der Waals surface area contributed by atoms with Gasteiger partial charge >= 0.3 is 0 Å². The molecule has 3 aromatic heterocycles. The van der Waals surface area contributed by atoms with Gasteiger partial charge in [-0.15, -0.1) is 0 Å². The molecule has 5 rings (SSSR count). The van der Waals surface area contributed by atoms with Crippen molar-refractivity contribution in [3.8, 4) is 23.3 Å². The van der Waals surface area contributed by atoms with E-state index in [0.29, 0.717) is 22.0 Å². The molecule has 33 heavy (non-hydrogen) atoms. The summed E-state index contributed by atoms with van der Waals surface area (Å²) in [5, 5.41) is 31.5. The van der Waals surface area contributed by atoms with Crippen molar-refractivity contribution in [3.63, 3.8) is 0 Å². The number of hydrogen-bond acceptors (Lipinski definition) is 6. The highest BCUT2D eigenvalue weighted by atomic mass is 32.2. The molecule has 4 aromatic rings. The van der Waals surface area contributed by atoms with E-state index in [1.165, 1.54) is 18.3 Å².